The number of para-hydroxylation sites is 2. The number of rotatable bonds is 18. The fourth-order valence-electron chi connectivity index (χ4n) is 8.57. The first-order valence-electron chi connectivity index (χ1n) is 23.9. The van der Waals surface area contributed by atoms with E-state index in [9.17, 15) is 13.6 Å². The van der Waals surface area contributed by atoms with E-state index in [1.165, 1.54) is 18.7 Å². The van der Waals surface area contributed by atoms with E-state index in [-0.39, 0.29) is 41.0 Å². The summed E-state index contributed by atoms with van der Waals surface area (Å²) in [6.45, 7) is 13.8. The Morgan fingerprint density at radius 2 is 1.09 bits per heavy atom. The van der Waals surface area contributed by atoms with Crippen LogP contribution < -0.4 is 40.6 Å². The van der Waals surface area contributed by atoms with Gasteiger partial charge in [0.15, 0.2) is 34.2 Å². The van der Waals surface area contributed by atoms with Gasteiger partial charge in [-0.1, -0.05) is 12.1 Å². The van der Waals surface area contributed by atoms with Gasteiger partial charge in [-0.15, -0.1) is 0 Å². The Morgan fingerprint density at radius 3 is 1.53 bits per heavy atom. The molecule has 0 saturated carbocycles. The summed E-state index contributed by atoms with van der Waals surface area (Å²) in [4.78, 5) is 34.0. The number of fused-ring (bicyclic) bond motifs is 2. The molecule has 0 spiro atoms. The molecule has 4 aromatic carbocycles. The fraction of sp³-hybridized carbons (Fsp3) is 0.392. The molecular formula is C51H60F2N10O7. The monoisotopic (exact) mass is 962 g/mol. The van der Waals surface area contributed by atoms with Gasteiger partial charge >= 0.3 is 0 Å². The van der Waals surface area contributed by atoms with Crippen LogP contribution in [-0.4, -0.2) is 100 Å². The maximum absolute atomic E-state index is 14.6. The summed E-state index contributed by atoms with van der Waals surface area (Å²) in [5.41, 5.74) is 11.9. The Kier molecular flexibility index (Phi) is 16.4. The van der Waals surface area contributed by atoms with Gasteiger partial charge in [0.2, 0.25) is 11.6 Å². The SMILES string of the molecule is CCOc1cc(CN2CCC(Nc3nc4cccc(N)c4o3)CC2)cc(OCC)c1F.CCOc1cc(CN2CCC(Nc3nc4cccc(NC(=O)c5cncnc5)c4o3)CC2)cc(OCC)c1F. The Hall–Kier alpha value is -7.25. The first kappa shape index (κ1) is 49.2. The minimum absolute atomic E-state index is 0.181. The molecule has 5 heterocycles. The van der Waals surface area contributed by atoms with E-state index in [0.717, 1.165) is 68.5 Å². The van der Waals surface area contributed by atoms with Gasteiger partial charge in [-0.25, -0.2) is 9.97 Å². The summed E-state index contributed by atoms with van der Waals surface area (Å²) in [5.74, 6) is -0.290. The smallest absolute Gasteiger partial charge is 0.295 e. The number of nitrogens with one attached hydrogen (secondary N) is 3. The number of hydrogen-bond donors (Lipinski definition) is 4. The van der Waals surface area contributed by atoms with Crippen LogP contribution in [0.1, 0.15) is 74.9 Å². The minimum atomic E-state index is -0.458. The molecule has 0 radical (unpaired) electrons. The first-order chi connectivity index (χ1) is 34.1. The molecule has 9 rings (SSSR count). The number of nitrogens with zero attached hydrogens (tertiary/aromatic N) is 6. The lowest BCUT2D eigenvalue weighted by Gasteiger charge is -2.32. The molecule has 3 aromatic heterocycles. The number of amides is 1. The van der Waals surface area contributed by atoms with Crippen molar-refractivity contribution < 1.29 is 41.4 Å². The van der Waals surface area contributed by atoms with Crippen molar-refractivity contribution in [1.82, 2.24) is 29.7 Å². The van der Waals surface area contributed by atoms with Crippen LogP contribution in [-0.2, 0) is 13.1 Å². The molecule has 0 atom stereocenters. The van der Waals surface area contributed by atoms with Crippen molar-refractivity contribution in [3.63, 3.8) is 0 Å². The van der Waals surface area contributed by atoms with Crippen molar-refractivity contribution >= 4 is 51.5 Å². The molecule has 19 heteroatoms. The third kappa shape index (κ3) is 12.3. The van der Waals surface area contributed by atoms with Crippen molar-refractivity contribution in [2.24, 2.45) is 0 Å². The second-order valence-corrected chi connectivity index (χ2v) is 16.9. The Labute approximate surface area is 405 Å². The maximum Gasteiger partial charge on any atom is 0.295 e. The van der Waals surface area contributed by atoms with Crippen molar-refractivity contribution in [3.05, 3.63) is 108 Å². The second-order valence-electron chi connectivity index (χ2n) is 16.9. The van der Waals surface area contributed by atoms with Crippen LogP contribution in [0.2, 0.25) is 0 Å². The van der Waals surface area contributed by atoms with Gasteiger partial charge in [-0.3, -0.25) is 14.6 Å². The van der Waals surface area contributed by atoms with Crippen molar-refractivity contribution in [2.75, 3.05) is 74.3 Å². The van der Waals surface area contributed by atoms with Crippen LogP contribution >= 0.6 is 0 Å². The highest BCUT2D eigenvalue weighted by Gasteiger charge is 2.25. The molecular weight excluding hydrogens is 903 g/mol. The highest BCUT2D eigenvalue weighted by atomic mass is 19.1. The van der Waals surface area contributed by atoms with E-state index in [1.807, 2.05) is 52.0 Å². The van der Waals surface area contributed by atoms with Gasteiger partial charge < -0.3 is 49.5 Å². The molecule has 17 nitrogen and oxygen atoms in total. The summed E-state index contributed by atoms with van der Waals surface area (Å²) < 4.78 is 62.7. The van der Waals surface area contributed by atoms with Gasteiger partial charge in [0, 0.05) is 63.7 Å². The molecule has 70 heavy (non-hydrogen) atoms. The average Bonchev–Trinajstić information content (AvgIpc) is 3.99. The third-order valence-corrected chi connectivity index (χ3v) is 11.9. The van der Waals surface area contributed by atoms with Crippen molar-refractivity contribution in [1.29, 1.82) is 0 Å². The molecule has 0 unspecified atom stereocenters. The van der Waals surface area contributed by atoms with Gasteiger partial charge in [0.25, 0.3) is 17.9 Å². The van der Waals surface area contributed by atoms with Crippen LogP contribution in [0.4, 0.5) is 32.2 Å². The van der Waals surface area contributed by atoms with Crippen molar-refractivity contribution in [2.45, 2.75) is 78.6 Å². The zero-order valence-corrected chi connectivity index (χ0v) is 39.9. The van der Waals surface area contributed by atoms with Crippen molar-refractivity contribution in [3.8, 4) is 23.0 Å². The van der Waals surface area contributed by atoms with Gasteiger partial charge in [0.1, 0.15) is 17.4 Å². The molecule has 2 saturated heterocycles. The van der Waals surface area contributed by atoms with Crippen LogP contribution in [0.3, 0.4) is 0 Å². The average molecular weight is 963 g/mol. The second kappa shape index (κ2) is 23.4. The largest absolute Gasteiger partial charge is 0.491 e. The zero-order chi connectivity index (χ0) is 49.0. The number of nitrogens with two attached hydrogens (primary N) is 1. The van der Waals surface area contributed by atoms with E-state index in [2.05, 4.69) is 45.7 Å². The number of halogens is 2. The number of nitrogen functional groups attached to an aromatic ring is 1. The van der Waals surface area contributed by atoms with E-state index >= 15 is 0 Å². The van der Waals surface area contributed by atoms with Gasteiger partial charge in [0.05, 0.1) is 43.4 Å². The maximum atomic E-state index is 14.6. The molecule has 2 aliphatic rings. The normalized spacial score (nSPS) is 14.8. The van der Waals surface area contributed by atoms with Gasteiger partial charge in [-0.05, 0) is 113 Å². The quantitative estimate of drug-likeness (QED) is 0.0593. The summed E-state index contributed by atoms with van der Waals surface area (Å²) in [5, 5.41) is 9.64. The number of piperidine rings is 2. The lowest BCUT2D eigenvalue weighted by atomic mass is 10.0. The Balaban J connectivity index is 0.000000193. The molecule has 0 aliphatic carbocycles. The number of likely N-dealkylation sites (tertiary alicyclic amines) is 2. The topological polar surface area (TPSA) is 200 Å². The van der Waals surface area contributed by atoms with E-state index in [0.29, 0.717) is 85.2 Å². The standard InChI is InChI=1S/C28H31FN6O4.C23H29FN4O3/c1-3-37-23-12-18(13-24(25(23)29)38-4-2)16-35-10-8-20(9-11-35)32-28-34-22-7-5-6-21(26(22)39-28)33-27(36)19-14-30-17-31-15-19;1-3-29-19-12-15(13-20(21(19)24)30-4-2)14-28-10-8-16(9-11-28)26-23-27-18-7-5-6-17(25)22(18)31-23/h5-7,12-15,17,20H,3-4,8-11,16H2,1-2H3,(H,32,34)(H,33,36);5-7,12-13,16H,3-4,8-11,14,25H2,1-2H3,(H,26,27). The fourth-order valence-corrected chi connectivity index (χ4v) is 8.57. The molecule has 5 N–H and O–H groups in total. The Bertz CT molecular complexity index is 2780. The number of anilines is 4. The summed E-state index contributed by atoms with van der Waals surface area (Å²) in [6, 6.07) is 19.4. The zero-order valence-electron chi connectivity index (χ0n) is 39.9. The van der Waals surface area contributed by atoms with Crippen LogP contribution in [0.5, 0.6) is 23.0 Å². The molecule has 7 aromatic rings. The van der Waals surface area contributed by atoms with E-state index in [4.69, 9.17) is 33.5 Å². The summed E-state index contributed by atoms with van der Waals surface area (Å²) in [7, 11) is 0. The highest BCUT2D eigenvalue weighted by molar-refractivity contribution is 6.07. The minimum Gasteiger partial charge on any atom is -0.491 e. The first-order valence-corrected chi connectivity index (χ1v) is 23.9. The Morgan fingerprint density at radius 1 is 0.657 bits per heavy atom. The number of ether oxygens (including phenoxy) is 4. The number of carbonyl (C=O) groups excluding carboxylic acids is 1. The van der Waals surface area contributed by atoms with Crippen LogP contribution in [0, 0.1) is 11.6 Å². The number of carbonyl (C=O) groups is 1. The number of aromatic nitrogens is 4. The molecule has 0 bridgehead atoms. The number of benzene rings is 4. The summed E-state index contributed by atoms with van der Waals surface area (Å²) in [6.07, 6.45) is 7.94. The van der Waals surface area contributed by atoms with E-state index < -0.39 is 11.6 Å². The van der Waals surface area contributed by atoms with Gasteiger partial charge in [-0.2, -0.15) is 18.7 Å². The molecule has 2 fully saturated rings. The molecule has 1 amide bonds. The molecule has 370 valence electrons. The lowest BCUT2D eigenvalue weighted by molar-refractivity contribution is 0.102. The highest BCUT2D eigenvalue weighted by Crippen LogP contribution is 2.33. The predicted octanol–water partition coefficient (Wildman–Crippen LogP) is 9.31. The lowest BCUT2D eigenvalue weighted by Crippen LogP contribution is -2.38. The number of hydrogen-bond acceptors (Lipinski definition) is 16. The van der Waals surface area contributed by atoms with Crippen LogP contribution in [0.15, 0.2) is 88.2 Å². The summed E-state index contributed by atoms with van der Waals surface area (Å²) >= 11 is 0. The number of oxazole rings is 2. The predicted molar refractivity (Wildman–Crippen MR) is 264 cm³/mol. The van der Waals surface area contributed by atoms with Crippen LogP contribution in [0.25, 0.3) is 22.2 Å². The third-order valence-electron chi connectivity index (χ3n) is 11.9. The van der Waals surface area contributed by atoms with E-state index in [1.54, 1.807) is 36.4 Å². The molecule has 2 aliphatic heterocycles.